The number of hydrogen-bond donors (Lipinski definition) is 2. The van der Waals surface area contributed by atoms with E-state index >= 15 is 0 Å². The largest absolute Gasteiger partial charge is 0.465 e. The van der Waals surface area contributed by atoms with Crippen LogP contribution in [0.2, 0.25) is 0 Å². The van der Waals surface area contributed by atoms with Crippen molar-refractivity contribution < 1.29 is 14.4 Å². The van der Waals surface area contributed by atoms with Crippen molar-refractivity contribution in [1.29, 1.82) is 0 Å². The summed E-state index contributed by atoms with van der Waals surface area (Å²) in [5, 5.41) is 16.0. The molecule has 1 aromatic heterocycles. The monoisotopic (exact) mass is 314 g/mol. The van der Waals surface area contributed by atoms with Crippen LogP contribution in [0.15, 0.2) is 40.9 Å². The fraction of sp³-hybridized carbons (Fsp3) is 0.444. The molecule has 0 bridgehead atoms. The summed E-state index contributed by atoms with van der Waals surface area (Å²) in [5.41, 5.74) is 1.66. The van der Waals surface area contributed by atoms with Gasteiger partial charge >= 0.3 is 6.09 Å². The van der Waals surface area contributed by atoms with Crippen LogP contribution in [-0.2, 0) is 12.8 Å². The third-order valence-corrected chi connectivity index (χ3v) is 4.53. The Balaban J connectivity index is 1.70. The summed E-state index contributed by atoms with van der Waals surface area (Å²) in [7, 11) is 0. The lowest BCUT2D eigenvalue weighted by Crippen LogP contribution is -2.50. The first-order valence-electron chi connectivity index (χ1n) is 8.15. The number of rotatable bonds is 5. The summed E-state index contributed by atoms with van der Waals surface area (Å²) < 4.78 is 5.46. The standard InChI is InChI=1S/C18H22N2O3/c21-17(22)19-18(9-5-2-6-10-18)13-16-12-15(20-23-16)11-14-7-3-1-4-8-14/h1,3-4,7-8,12,19H,2,5-6,9-11,13H2,(H,21,22). The van der Waals surface area contributed by atoms with Crippen LogP contribution in [0.1, 0.15) is 49.1 Å². The Labute approximate surface area is 135 Å². The molecule has 0 saturated heterocycles. The predicted octanol–water partition coefficient (Wildman–Crippen LogP) is 3.78. The van der Waals surface area contributed by atoms with Crippen molar-refractivity contribution in [3.8, 4) is 0 Å². The van der Waals surface area contributed by atoms with Gasteiger partial charge in [0, 0.05) is 18.9 Å². The number of hydrogen-bond acceptors (Lipinski definition) is 3. The van der Waals surface area contributed by atoms with Crippen molar-refractivity contribution >= 4 is 6.09 Å². The van der Waals surface area contributed by atoms with E-state index in [1.165, 1.54) is 12.0 Å². The molecule has 1 saturated carbocycles. The molecule has 0 atom stereocenters. The van der Waals surface area contributed by atoms with Crippen molar-refractivity contribution in [2.75, 3.05) is 0 Å². The second kappa shape index (κ2) is 6.86. The Bertz CT molecular complexity index is 645. The summed E-state index contributed by atoms with van der Waals surface area (Å²) in [5.74, 6) is 0.756. The van der Waals surface area contributed by atoms with Crippen molar-refractivity contribution in [3.63, 3.8) is 0 Å². The minimum absolute atomic E-state index is 0.409. The molecule has 0 unspecified atom stereocenters. The van der Waals surface area contributed by atoms with Crippen LogP contribution >= 0.6 is 0 Å². The van der Waals surface area contributed by atoms with E-state index < -0.39 is 11.6 Å². The van der Waals surface area contributed by atoms with Gasteiger partial charge in [0.25, 0.3) is 0 Å². The van der Waals surface area contributed by atoms with Gasteiger partial charge in [-0.25, -0.2) is 4.79 Å². The second-order valence-corrected chi connectivity index (χ2v) is 6.39. The lowest BCUT2D eigenvalue weighted by atomic mass is 9.78. The van der Waals surface area contributed by atoms with Crippen molar-refractivity contribution in [1.82, 2.24) is 10.5 Å². The molecule has 5 heteroatoms. The molecule has 1 heterocycles. The smallest absolute Gasteiger partial charge is 0.405 e. The highest BCUT2D eigenvalue weighted by molar-refractivity contribution is 5.65. The third kappa shape index (κ3) is 4.12. The first-order chi connectivity index (χ1) is 11.2. The minimum atomic E-state index is -0.962. The maximum absolute atomic E-state index is 11.2. The highest BCUT2D eigenvalue weighted by atomic mass is 16.5. The first-order valence-corrected chi connectivity index (χ1v) is 8.15. The van der Waals surface area contributed by atoms with Crippen LogP contribution in [0.4, 0.5) is 4.79 Å². The molecule has 5 nitrogen and oxygen atoms in total. The Morgan fingerprint density at radius 2 is 1.96 bits per heavy atom. The van der Waals surface area contributed by atoms with E-state index in [0.29, 0.717) is 6.42 Å². The molecule has 23 heavy (non-hydrogen) atoms. The molecule has 2 aromatic rings. The molecule has 1 aromatic carbocycles. The molecule has 1 aliphatic carbocycles. The number of aromatic nitrogens is 1. The molecule has 0 spiro atoms. The van der Waals surface area contributed by atoms with Crippen LogP contribution in [0, 0.1) is 0 Å². The molecule has 2 N–H and O–H groups in total. The zero-order valence-corrected chi connectivity index (χ0v) is 13.1. The van der Waals surface area contributed by atoms with Crippen LogP contribution in [0.25, 0.3) is 0 Å². The van der Waals surface area contributed by atoms with Gasteiger partial charge in [-0.3, -0.25) is 0 Å². The van der Waals surface area contributed by atoms with E-state index in [9.17, 15) is 4.79 Å². The first kappa shape index (κ1) is 15.6. The minimum Gasteiger partial charge on any atom is -0.465 e. The van der Waals surface area contributed by atoms with Crippen LogP contribution in [0.3, 0.4) is 0 Å². The fourth-order valence-electron chi connectivity index (χ4n) is 3.46. The highest BCUT2D eigenvalue weighted by Crippen LogP contribution is 2.31. The topological polar surface area (TPSA) is 75.4 Å². The molecule has 1 amide bonds. The lowest BCUT2D eigenvalue weighted by molar-refractivity contribution is 0.157. The molecule has 122 valence electrons. The summed E-state index contributed by atoms with van der Waals surface area (Å²) in [4.78, 5) is 11.2. The zero-order valence-electron chi connectivity index (χ0n) is 13.1. The predicted molar refractivity (Wildman–Crippen MR) is 86.4 cm³/mol. The van der Waals surface area contributed by atoms with E-state index in [0.717, 1.165) is 43.6 Å². The maximum Gasteiger partial charge on any atom is 0.405 e. The van der Waals surface area contributed by atoms with Gasteiger partial charge in [0.2, 0.25) is 0 Å². The van der Waals surface area contributed by atoms with Crippen LogP contribution in [-0.4, -0.2) is 21.9 Å². The number of carboxylic acid groups (broad SMARTS) is 1. The molecule has 0 radical (unpaired) electrons. The van der Waals surface area contributed by atoms with Crippen molar-refractivity contribution in [3.05, 3.63) is 53.4 Å². The van der Waals surface area contributed by atoms with Crippen LogP contribution in [0.5, 0.6) is 0 Å². The molecule has 1 aliphatic rings. The number of carbonyl (C=O) groups is 1. The van der Waals surface area contributed by atoms with Gasteiger partial charge in [-0.1, -0.05) is 54.8 Å². The van der Waals surface area contributed by atoms with E-state index in [4.69, 9.17) is 9.63 Å². The van der Waals surface area contributed by atoms with Gasteiger partial charge in [0.05, 0.1) is 11.2 Å². The average Bonchev–Trinajstić information content (AvgIpc) is 2.95. The van der Waals surface area contributed by atoms with Crippen molar-refractivity contribution in [2.45, 2.75) is 50.5 Å². The Morgan fingerprint density at radius 1 is 1.22 bits per heavy atom. The SMILES string of the molecule is O=C(O)NC1(Cc2cc(Cc3ccccc3)no2)CCCCC1. The van der Waals surface area contributed by atoms with Gasteiger partial charge in [-0.15, -0.1) is 0 Å². The zero-order chi connectivity index (χ0) is 16.1. The Kier molecular flexibility index (Phi) is 4.65. The van der Waals surface area contributed by atoms with Gasteiger partial charge in [-0.2, -0.15) is 0 Å². The van der Waals surface area contributed by atoms with Gasteiger partial charge in [0.15, 0.2) is 0 Å². The Morgan fingerprint density at radius 3 is 2.65 bits per heavy atom. The fourth-order valence-corrected chi connectivity index (χ4v) is 3.46. The number of nitrogens with one attached hydrogen (secondary N) is 1. The molecular formula is C18H22N2O3. The molecular weight excluding hydrogens is 292 g/mol. The summed E-state index contributed by atoms with van der Waals surface area (Å²) in [6.07, 6.45) is 5.30. The quantitative estimate of drug-likeness (QED) is 0.880. The third-order valence-electron chi connectivity index (χ3n) is 4.53. The van der Waals surface area contributed by atoms with Crippen LogP contribution < -0.4 is 5.32 Å². The molecule has 1 fully saturated rings. The normalized spacial score (nSPS) is 16.9. The second-order valence-electron chi connectivity index (χ2n) is 6.39. The van der Waals surface area contributed by atoms with E-state index in [1.54, 1.807) is 0 Å². The summed E-state index contributed by atoms with van der Waals surface area (Å²) >= 11 is 0. The van der Waals surface area contributed by atoms with Crippen molar-refractivity contribution in [2.24, 2.45) is 0 Å². The number of nitrogens with zero attached hydrogens (tertiary/aromatic N) is 1. The van der Waals surface area contributed by atoms with Gasteiger partial charge in [0.1, 0.15) is 5.76 Å². The number of amides is 1. The van der Waals surface area contributed by atoms with Gasteiger partial charge in [-0.05, 0) is 18.4 Å². The molecule has 3 rings (SSSR count). The van der Waals surface area contributed by atoms with Gasteiger partial charge < -0.3 is 14.9 Å². The highest BCUT2D eigenvalue weighted by Gasteiger charge is 2.35. The Hall–Kier alpha value is -2.30. The lowest BCUT2D eigenvalue weighted by Gasteiger charge is -2.36. The maximum atomic E-state index is 11.2. The molecule has 0 aliphatic heterocycles. The summed E-state index contributed by atoms with van der Waals surface area (Å²) in [6, 6.07) is 12.1. The van der Waals surface area contributed by atoms with E-state index in [1.807, 2.05) is 24.3 Å². The van der Waals surface area contributed by atoms with E-state index in [-0.39, 0.29) is 0 Å². The average molecular weight is 314 g/mol. The number of benzene rings is 1. The van der Waals surface area contributed by atoms with E-state index in [2.05, 4.69) is 22.6 Å². The summed E-state index contributed by atoms with van der Waals surface area (Å²) in [6.45, 7) is 0.